The van der Waals surface area contributed by atoms with Gasteiger partial charge < -0.3 is 0 Å². The van der Waals surface area contributed by atoms with Gasteiger partial charge in [-0.3, -0.25) is 0 Å². The molecule has 0 radical (unpaired) electrons. The summed E-state index contributed by atoms with van der Waals surface area (Å²) in [6, 6.07) is 0. The SMILES string of the molecule is C[N+](C)(C)CCO[TeH]. The van der Waals surface area contributed by atoms with E-state index < -0.39 is 0 Å². The van der Waals surface area contributed by atoms with Crippen LogP contribution in [-0.2, 0) is 3.10 Å². The first kappa shape index (κ1) is 8.71. The summed E-state index contributed by atoms with van der Waals surface area (Å²) < 4.78 is 5.94. The molecule has 0 aliphatic carbocycles. The zero-order valence-corrected chi connectivity index (χ0v) is 8.27. The number of hydrogen-bond donors (Lipinski definition) is 0. The third-order valence-electron chi connectivity index (χ3n) is 0.853. The van der Waals surface area contributed by atoms with Crippen molar-refractivity contribution >= 4 is 22.7 Å². The van der Waals surface area contributed by atoms with Crippen molar-refractivity contribution in [1.29, 1.82) is 0 Å². The number of rotatable bonds is 3. The zero-order valence-electron chi connectivity index (χ0n) is 5.72. The normalized spacial score (nSPS) is 12.0. The predicted molar refractivity (Wildman–Crippen MR) is 36.0 cm³/mol. The molecule has 0 amide bonds. The van der Waals surface area contributed by atoms with Gasteiger partial charge in [0.1, 0.15) is 0 Å². The third-order valence-corrected chi connectivity index (χ3v) is 1.37. The molecule has 0 atom stereocenters. The van der Waals surface area contributed by atoms with Gasteiger partial charge in [0.25, 0.3) is 0 Å². The minimum atomic E-state index is 0.873. The third kappa shape index (κ3) is 6.71. The van der Waals surface area contributed by atoms with Crippen LogP contribution in [0.1, 0.15) is 0 Å². The molecule has 0 heterocycles. The Bertz CT molecular complexity index is 59.9. The van der Waals surface area contributed by atoms with Gasteiger partial charge in [-0.05, 0) is 0 Å². The van der Waals surface area contributed by atoms with Gasteiger partial charge in [-0.1, -0.05) is 0 Å². The number of quaternary nitrogens is 1. The van der Waals surface area contributed by atoms with Crippen LogP contribution in [0, 0.1) is 0 Å². The van der Waals surface area contributed by atoms with Gasteiger partial charge in [-0.15, -0.1) is 0 Å². The van der Waals surface area contributed by atoms with Gasteiger partial charge in [0.15, 0.2) is 0 Å². The van der Waals surface area contributed by atoms with E-state index in [0.29, 0.717) is 0 Å². The Morgan fingerprint density at radius 1 is 1.38 bits per heavy atom. The first-order chi connectivity index (χ1) is 3.56. The van der Waals surface area contributed by atoms with Crippen LogP contribution in [0.25, 0.3) is 0 Å². The van der Waals surface area contributed by atoms with Crippen LogP contribution in [0.15, 0.2) is 0 Å². The van der Waals surface area contributed by atoms with Gasteiger partial charge in [-0.25, -0.2) is 0 Å². The topological polar surface area (TPSA) is 9.23 Å². The van der Waals surface area contributed by atoms with Crippen molar-refractivity contribution in [2.24, 2.45) is 0 Å². The first-order valence-electron chi connectivity index (χ1n) is 2.63. The molecule has 0 saturated heterocycles. The van der Waals surface area contributed by atoms with Crippen LogP contribution < -0.4 is 0 Å². The summed E-state index contributed by atoms with van der Waals surface area (Å²) in [5, 5.41) is 0. The van der Waals surface area contributed by atoms with E-state index in [1.54, 1.807) is 0 Å². The van der Waals surface area contributed by atoms with Crippen molar-refractivity contribution in [3.05, 3.63) is 0 Å². The van der Waals surface area contributed by atoms with E-state index in [1.807, 2.05) is 0 Å². The summed E-state index contributed by atoms with van der Waals surface area (Å²) >= 11 is 1.42. The van der Waals surface area contributed by atoms with Gasteiger partial charge in [0, 0.05) is 0 Å². The number of hydrogen-bond acceptors (Lipinski definition) is 1. The Labute approximate surface area is 64.8 Å². The number of nitrogens with zero attached hydrogens (tertiary/aromatic N) is 1. The van der Waals surface area contributed by atoms with E-state index in [0.717, 1.165) is 17.6 Å². The van der Waals surface area contributed by atoms with E-state index in [-0.39, 0.29) is 0 Å². The molecule has 0 fully saturated rings. The quantitative estimate of drug-likeness (QED) is 0.471. The summed E-state index contributed by atoms with van der Waals surface area (Å²) in [5.74, 6) is 0. The molecule has 0 aliphatic rings. The second-order valence-corrected chi connectivity index (χ2v) is 3.58. The second kappa shape index (κ2) is 3.68. The Balaban J connectivity index is 3.11. The second-order valence-electron chi connectivity index (χ2n) is 2.85. The number of likely N-dealkylation sites (N-methyl/N-ethyl adjacent to an activating group) is 1. The standard InChI is InChI=1S/C5H13NOTe/c1-6(2,3)4-5-7-8/h4-5H2,1-3H3/p+1. The van der Waals surface area contributed by atoms with Gasteiger partial charge in [0.05, 0.1) is 0 Å². The Morgan fingerprint density at radius 3 is 2.00 bits per heavy atom. The summed E-state index contributed by atoms with van der Waals surface area (Å²) in [5.41, 5.74) is 0. The zero-order chi connectivity index (χ0) is 6.62. The molecule has 0 N–H and O–H groups in total. The first-order valence-corrected chi connectivity index (χ1v) is 3.67. The average Bonchev–Trinajstić information content (AvgIpc) is 1.59. The van der Waals surface area contributed by atoms with E-state index in [9.17, 15) is 0 Å². The summed E-state index contributed by atoms with van der Waals surface area (Å²) in [6.07, 6.45) is 0. The predicted octanol–water partition coefficient (Wildman–Crippen LogP) is -0.475. The molecule has 0 rings (SSSR count). The Kier molecular flexibility index (Phi) is 4.01. The molecular formula is C5H14NOTe+. The Morgan fingerprint density at radius 2 is 1.88 bits per heavy atom. The minimum absolute atomic E-state index is 0.873. The maximum atomic E-state index is 4.95. The summed E-state index contributed by atoms with van der Waals surface area (Å²) in [7, 11) is 6.47. The molecule has 0 spiro atoms. The van der Waals surface area contributed by atoms with Crippen molar-refractivity contribution in [1.82, 2.24) is 0 Å². The van der Waals surface area contributed by atoms with Gasteiger partial charge in [-0.2, -0.15) is 0 Å². The van der Waals surface area contributed by atoms with Gasteiger partial charge >= 0.3 is 64.6 Å². The molecule has 8 heavy (non-hydrogen) atoms. The van der Waals surface area contributed by atoms with Crippen LogP contribution in [-0.4, -0.2) is 61.5 Å². The van der Waals surface area contributed by atoms with Crippen LogP contribution >= 0.6 is 0 Å². The van der Waals surface area contributed by atoms with Crippen molar-refractivity contribution in [2.75, 3.05) is 34.3 Å². The van der Waals surface area contributed by atoms with Crippen molar-refractivity contribution in [2.45, 2.75) is 0 Å². The molecule has 50 valence electrons. The van der Waals surface area contributed by atoms with Gasteiger partial charge in [0.2, 0.25) is 0 Å². The van der Waals surface area contributed by atoms with Crippen LogP contribution in [0.5, 0.6) is 0 Å². The summed E-state index contributed by atoms with van der Waals surface area (Å²) in [6.45, 7) is 1.97. The fourth-order valence-electron chi connectivity index (χ4n) is 0.315. The van der Waals surface area contributed by atoms with E-state index in [2.05, 4.69) is 21.1 Å². The fraction of sp³-hybridized carbons (Fsp3) is 1.00. The monoisotopic (exact) mass is 234 g/mol. The molecule has 0 aliphatic heterocycles. The van der Waals surface area contributed by atoms with E-state index >= 15 is 0 Å². The molecular weight excluding hydrogens is 218 g/mol. The fourth-order valence-corrected chi connectivity index (χ4v) is 0.548. The van der Waals surface area contributed by atoms with Crippen LogP contribution in [0.4, 0.5) is 0 Å². The van der Waals surface area contributed by atoms with Crippen molar-refractivity contribution < 1.29 is 7.58 Å². The average molecular weight is 232 g/mol. The summed E-state index contributed by atoms with van der Waals surface area (Å²) in [4.78, 5) is 0. The van der Waals surface area contributed by atoms with Crippen LogP contribution in [0.3, 0.4) is 0 Å². The van der Waals surface area contributed by atoms with E-state index in [1.165, 1.54) is 22.7 Å². The molecule has 0 saturated carbocycles. The Hall–Kier alpha value is 0.710. The van der Waals surface area contributed by atoms with Crippen LogP contribution in [0.2, 0.25) is 0 Å². The maximum absolute atomic E-state index is 4.95. The molecule has 0 aromatic carbocycles. The molecule has 0 aromatic heterocycles. The molecule has 3 heteroatoms. The van der Waals surface area contributed by atoms with Crippen molar-refractivity contribution in [3.8, 4) is 0 Å². The van der Waals surface area contributed by atoms with E-state index in [4.69, 9.17) is 3.10 Å². The molecule has 2 nitrogen and oxygen atoms in total. The molecule has 0 bridgehead atoms. The molecule has 0 unspecified atom stereocenters. The van der Waals surface area contributed by atoms with Crippen molar-refractivity contribution in [3.63, 3.8) is 0 Å². The molecule has 0 aromatic rings.